The van der Waals surface area contributed by atoms with E-state index >= 15 is 0 Å². The molecule has 7 heteroatoms. The minimum absolute atomic E-state index is 0.0529. The van der Waals surface area contributed by atoms with Gasteiger partial charge in [-0.15, -0.1) is 11.6 Å². The Morgan fingerprint density at radius 2 is 1.71 bits per heavy atom. The van der Waals surface area contributed by atoms with Gasteiger partial charge < -0.3 is 15.2 Å². The molecular weight excluding hydrogens is 450 g/mol. The fourth-order valence-corrected chi connectivity index (χ4v) is 4.35. The summed E-state index contributed by atoms with van der Waals surface area (Å²) in [5, 5.41) is 7.10. The quantitative estimate of drug-likeness (QED) is 0.448. The topological polar surface area (TPSA) is 80.2 Å². The lowest BCUT2D eigenvalue weighted by Crippen LogP contribution is -2.40. The summed E-state index contributed by atoms with van der Waals surface area (Å²) in [6.45, 7) is 5.71. The maximum atomic E-state index is 13.4. The van der Waals surface area contributed by atoms with Crippen LogP contribution in [-0.4, -0.2) is 22.4 Å². The summed E-state index contributed by atoms with van der Waals surface area (Å²) in [5.41, 5.74) is 2.20. The van der Waals surface area contributed by atoms with E-state index in [1.165, 1.54) is 4.57 Å². The summed E-state index contributed by atoms with van der Waals surface area (Å²) in [6.07, 6.45) is 3.63. The number of amides is 2. The molecule has 0 unspecified atom stereocenters. The lowest BCUT2D eigenvalue weighted by Gasteiger charge is -2.23. The number of hydrogen-bond acceptors (Lipinski definition) is 3. The molecule has 1 aliphatic carbocycles. The molecule has 0 spiro atoms. The molecule has 1 fully saturated rings. The van der Waals surface area contributed by atoms with Gasteiger partial charge in [-0.1, -0.05) is 44.2 Å². The Labute approximate surface area is 204 Å². The summed E-state index contributed by atoms with van der Waals surface area (Å²) < 4.78 is 1.51. The lowest BCUT2D eigenvalue weighted by molar-refractivity contribution is -0.125. The van der Waals surface area contributed by atoms with Crippen molar-refractivity contribution in [2.45, 2.75) is 57.5 Å². The van der Waals surface area contributed by atoms with Crippen LogP contribution >= 0.6 is 11.6 Å². The van der Waals surface area contributed by atoms with Crippen molar-refractivity contribution in [2.75, 3.05) is 5.32 Å². The molecule has 34 heavy (non-hydrogen) atoms. The SMILES string of the molecule is CC(C)[C@H](C(=O)NC1CC1)n1ccc2c(NC(=O)[C@H](C)c3ccc(CCl)cc3)cccc2c1=O. The minimum Gasteiger partial charge on any atom is -0.352 e. The van der Waals surface area contributed by atoms with Crippen LogP contribution in [0.15, 0.2) is 59.5 Å². The van der Waals surface area contributed by atoms with E-state index in [2.05, 4.69) is 10.6 Å². The van der Waals surface area contributed by atoms with Crippen LogP contribution in [0.25, 0.3) is 10.8 Å². The van der Waals surface area contributed by atoms with E-state index in [9.17, 15) is 14.4 Å². The number of aromatic nitrogens is 1. The highest BCUT2D eigenvalue weighted by Crippen LogP contribution is 2.27. The molecule has 2 N–H and O–H groups in total. The molecule has 1 saturated carbocycles. The maximum Gasteiger partial charge on any atom is 0.259 e. The van der Waals surface area contributed by atoms with Crippen molar-refractivity contribution in [2.24, 2.45) is 5.92 Å². The van der Waals surface area contributed by atoms with Crippen LogP contribution in [0.3, 0.4) is 0 Å². The van der Waals surface area contributed by atoms with E-state index in [1.807, 2.05) is 45.0 Å². The predicted molar refractivity (Wildman–Crippen MR) is 136 cm³/mol. The average molecular weight is 480 g/mol. The molecule has 1 heterocycles. The molecular formula is C27H30ClN3O3. The average Bonchev–Trinajstić information content (AvgIpc) is 3.64. The third kappa shape index (κ3) is 5.02. The van der Waals surface area contributed by atoms with Crippen LogP contribution in [0.1, 0.15) is 56.7 Å². The number of carbonyl (C=O) groups is 2. The highest BCUT2D eigenvalue weighted by atomic mass is 35.5. The number of nitrogens with zero attached hydrogens (tertiary/aromatic N) is 1. The normalized spacial score (nSPS) is 15.2. The first kappa shape index (κ1) is 24.0. The summed E-state index contributed by atoms with van der Waals surface area (Å²) in [7, 11) is 0. The fourth-order valence-electron chi connectivity index (χ4n) is 4.17. The number of hydrogen-bond donors (Lipinski definition) is 2. The standard InChI is InChI=1S/C27H30ClN3O3/c1-16(2)24(26(33)29-20-11-12-20)31-14-13-21-22(27(31)34)5-4-6-23(21)30-25(32)17(3)19-9-7-18(15-28)8-10-19/h4-10,13-14,16-17,20,24H,11-12,15H2,1-3H3,(H,29,33)(H,30,32)/t17-,24-/m1/s1. The molecule has 2 aromatic carbocycles. The fraction of sp³-hybridized carbons (Fsp3) is 0.370. The van der Waals surface area contributed by atoms with Crippen LogP contribution in [0.4, 0.5) is 5.69 Å². The van der Waals surface area contributed by atoms with Crippen molar-refractivity contribution in [3.8, 4) is 0 Å². The summed E-state index contributed by atoms with van der Waals surface area (Å²) >= 11 is 5.86. The zero-order chi connectivity index (χ0) is 24.4. The highest BCUT2D eigenvalue weighted by molar-refractivity contribution is 6.17. The van der Waals surface area contributed by atoms with Gasteiger partial charge in [0, 0.05) is 34.6 Å². The van der Waals surface area contributed by atoms with Crippen LogP contribution in [0, 0.1) is 5.92 Å². The van der Waals surface area contributed by atoms with Gasteiger partial charge in [-0.3, -0.25) is 14.4 Å². The van der Waals surface area contributed by atoms with E-state index in [0.717, 1.165) is 24.0 Å². The monoisotopic (exact) mass is 479 g/mol. The molecule has 0 saturated heterocycles. The molecule has 0 bridgehead atoms. The number of benzene rings is 2. The Morgan fingerprint density at radius 3 is 2.32 bits per heavy atom. The van der Waals surface area contributed by atoms with Crippen LogP contribution < -0.4 is 16.2 Å². The van der Waals surface area contributed by atoms with E-state index in [0.29, 0.717) is 22.3 Å². The van der Waals surface area contributed by atoms with Gasteiger partial charge >= 0.3 is 0 Å². The second-order valence-corrected chi connectivity index (χ2v) is 9.62. The first-order chi connectivity index (χ1) is 16.3. The molecule has 6 nitrogen and oxygen atoms in total. The number of rotatable bonds is 8. The third-order valence-electron chi connectivity index (χ3n) is 6.38. The molecule has 0 aliphatic heterocycles. The van der Waals surface area contributed by atoms with E-state index < -0.39 is 6.04 Å². The summed E-state index contributed by atoms with van der Waals surface area (Å²) in [4.78, 5) is 39.2. The lowest BCUT2D eigenvalue weighted by atomic mass is 9.99. The van der Waals surface area contributed by atoms with Crippen molar-refractivity contribution in [3.05, 3.63) is 76.2 Å². The maximum absolute atomic E-state index is 13.4. The third-order valence-corrected chi connectivity index (χ3v) is 6.69. The van der Waals surface area contributed by atoms with Crippen LogP contribution in [0.2, 0.25) is 0 Å². The number of nitrogens with one attached hydrogen (secondary N) is 2. The Bertz CT molecular complexity index is 1260. The minimum atomic E-state index is -0.591. The van der Waals surface area contributed by atoms with Crippen molar-refractivity contribution >= 4 is 39.9 Å². The molecule has 1 aliphatic rings. The Balaban J connectivity index is 1.62. The number of carbonyl (C=O) groups excluding carboxylic acids is 2. The van der Waals surface area contributed by atoms with Crippen molar-refractivity contribution in [1.29, 1.82) is 0 Å². The van der Waals surface area contributed by atoms with Gasteiger partial charge in [0.1, 0.15) is 6.04 Å². The number of fused-ring (bicyclic) bond motifs is 1. The van der Waals surface area contributed by atoms with Crippen molar-refractivity contribution in [3.63, 3.8) is 0 Å². The van der Waals surface area contributed by atoms with Gasteiger partial charge in [0.25, 0.3) is 5.56 Å². The zero-order valence-corrected chi connectivity index (χ0v) is 20.4. The van der Waals surface area contributed by atoms with E-state index in [-0.39, 0.29) is 35.3 Å². The molecule has 2 atom stereocenters. The van der Waals surface area contributed by atoms with Gasteiger partial charge in [0.2, 0.25) is 11.8 Å². The molecule has 3 aromatic rings. The number of alkyl halides is 1. The summed E-state index contributed by atoms with van der Waals surface area (Å²) in [6, 6.07) is 14.3. The number of halogens is 1. The highest BCUT2D eigenvalue weighted by Gasteiger charge is 2.31. The first-order valence-electron chi connectivity index (χ1n) is 11.7. The second kappa shape index (κ2) is 10.0. The van der Waals surface area contributed by atoms with Crippen LogP contribution in [0.5, 0.6) is 0 Å². The molecule has 2 amide bonds. The Kier molecular flexibility index (Phi) is 7.08. The number of anilines is 1. The van der Waals surface area contributed by atoms with Gasteiger partial charge in [-0.25, -0.2) is 0 Å². The number of pyridine rings is 1. The molecule has 178 valence electrons. The van der Waals surface area contributed by atoms with Gasteiger partial charge in [-0.05, 0) is 55.0 Å². The van der Waals surface area contributed by atoms with Gasteiger partial charge in [0.15, 0.2) is 0 Å². The van der Waals surface area contributed by atoms with Gasteiger partial charge in [0.05, 0.1) is 5.92 Å². The molecule has 1 aromatic heterocycles. The van der Waals surface area contributed by atoms with Crippen LogP contribution in [-0.2, 0) is 15.5 Å². The van der Waals surface area contributed by atoms with E-state index in [1.54, 1.807) is 30.5 Å². The van der Waals surface area contributed by atoms with Crippen molar-refractivity contribution in [1.82, 2.24) is 9.88 Å². The van der Waals surface area contributed by atoms with Gasteiger partial charge in [-0.2, -0.15) is 0 Å². The zero-order valence-electron chi connectivity index (χ0n) is 19.7. The predicted octanol–water partition coefficient (Wildman–Crippen LogP) is 4.96. The Morgan fingerprint density at radius 1 is 1.00 bits per heavy atom. The second-order valence-electron chi connectivity index (χ2n) is 9.35. The Hall–Kier alpha value is -3.12. The van der Waals surface area contributed by atoms with Crippen molar-refractivity contribution < 1.29 is 9.59 Å². The first-order valence-corrected chi connectivity index (χ1v) is 12.2. The largest absolute Gasteiger partial charge is 0.352 e. The summed E-state index contributed by atoms with van der Waals surface area (Å²) in [5.74, 6) is -0.301. The molecule has 0 radical (unpaired) electrons. The smallest absolute Gasteiger partial charge is 0.259 e. The van der Waals surface area contributed by atoms with E-state index in [4.69, 9.17) is 11.6 Å². The molecule has 4 rings (SSSR count).